The molecular weight excluding hydrogens is 996 g/mol. The second-order valence-electron chi connectivity index (χ2n) is 20.5. The van der Waals surface area contributed by atoms with E-state index in [4.69, 9.17) is 9.72 Å². The number of amides is 3. The summed E-state index contributed by atoms with van der Waals surface area (Å²) >= 11 is 1.41. The summed E-state index contributed by atoms with van der Waals surface area (Å²) in [6.07, 6.45) is 0.139. The highest BCUT2D eigenvalue weighted by molar-refractivity contribution is 7.22. The van der Waals surface area contributed by atoms with Crippen LogP contribution in [0.4, 0.5) is 29.8 Å². The summed E-state index contributed by atoms with van der Waals surface area (Å²) in [4.78, 5) is 65.9. The van der Waals surface area contributed by atoms with Crippen LogP contribution in [-0.4, -0.2) is 104 Å². The van der Waals surface area contributed by atoms with Gasteiger partial charge in [0.1, 0.15) is 17.6 Å². The van der Waals surface area contributed by atoms with E-state index in [0.29, 0.717) is 97.4 Å². The van der Waals surface area contributed by atoms with Crippen molar-refractivity contribution in [2.75, 3.05) is 47.8 Å². The van der Waals surface area contributed by atoms with Gasteiger partial charge in [-0.05, 0) is 141 Å². The number of fused-ring (bicyclic) bond motifs is 3. The van der Waals surface area contributed by atoms with Crippen molar-refractivity contribution in [3.8, 4) is 16.9 Å². The number of benzene rings is 4. The molecule has 3 aromatic heterocycles. The van der Waals surface area contributed by atoms with E-state index in [2.05, 4.69) is 25.6 Å². The van der Waals surface area contributed by atoms with Gasteiger partial charge >= 0.3 is 12.1 Å². The molecule has 2 unspecified atom stereocenters. The Morgan fingerprint density at radius 3 is 2.42 bits per heavy atom. The van der Waals surface area contributed by atoms with Crippen LogP contribution in [-0.2, 0) is 29.6 Å². The predicted molar refractivity (Wildman–Crippen MR) is 285 cm³/mol. The predicted octanol–water partition coefficient (Wildman–Crippen LogP) is 10.1. The zero-order valence-electron chi connectivity index (χ0n) is 42.2. The number of halogens is 3. The maximum absolute atomic E-state index is 14.8. The molecule has 0 spiro atoms. The number of aryl methyl sites for hydroxylation is 1. The first-order chi connectivity index (χ1) is 36.6. The zero-order valence-corrected chi connectivity index (χ0v) is 43.1. The van der Waals surface area contributed by atoms with Gasteiger partial charge in [0.15, 0.2) is 10.8 Å². The SMILES string of the molecule is Cc1c(OC2CCC(CCC(N3CCN(c4ccc5c(C6CCC(=O)NC6=O)nn(C)c5c4)CC3)C(F)(F)F)CC2)cccc1-c1ccc(N2CCc3cccc(C(=O)Nc4nc5ccccc5s4)c3C2)nc1C(=O)O. The van der Waals surface area contributed by atoms with Crippen molar-refractivity contribution >= 4 is 72.8 Å². The lowest BCUT2D eigenvalue weighted by Crippen LogP contribution is -2.55. The summed E-state index contributed by atoms with van der Waals surface area (Å²) in [6.45, 7) is 4.25. The molecule has 0 radical (unpaired) electrons. The third-order valence-corrected chi connectivity index (χ3v) is 16.8. The van der Waals surface area contributed by atoms with E-state index in [9.17, 15) is 37.5 Å². The number of aromatic carboxylic acids is 1. The number of aromatic nitrogens is 4. The molecule has 1 saturated carbocycles. The molecule has 76 heavy (non-hydrogen) atoms. The first kappa shape index (κ1) is 50.8. The summed E-state index contributed by atoms with van der Waals surface area (Å²) in [6, 6.07) is 26.8. The molecule has 2 atom stereocenters. The van der Waals surface area contributed by atoms with Crippen LogP contribution in [0.15, 0.2) is 91.0 Å². The van der Waals surface area contributed by atoms with Gasteiger partial charge in [-0.25, -0.2) is 14.8 Å². The molecule has 394 valence electrons. The van der Waals surface area contributed by atoms with Crippen LogP contribution in [0.5, 0.6) is 5.75 Å². The highest BCUT2D eigenvalue weighted by Crippen LogP contribution is 2.40. The monoisotopic (exact) mass is 1050 g/mol. The molecule has 2 saturated heterocycles. The van der Waals surface area contributed by atoms with Gasteiger partial charge in [-0.2, -0.15) is 18.3 Å². The molecule has 4 aromatic carbocycles. The number of carboxylic acid groups (broad SMARTS) is 1. The Kier molecular flexibility index (Phi) is 14.0. The van der Waals surface area contributed by atoms with Crippen LogP contribution in [0.25, 0.3) is 32.2 Å². The Morgan fingerprint density at radius 2 is 1.66 bits per heavy atom. The highest BCUT2D eigenvalue weighted by Gasteiger charge is 2.44. The van der Waals surface area contributed by atoms with Gasteiger partial charge in [-0.1, -0.05) is 47.7 Å². The number of ether oxygens (including phenoxy) is 1. The van der Waals surface area contributed by atoms with Crippen molar-refractivity contribution in [1.29, 1.82) is 0 Å². The number of rotatable bonds is 13. The van der Waals surface area contributed by atoms with Crippen LogP contribution in [0.3, 0.4) is 0 Å². The average molecular weight is 1050 g/mol. The summed E-state index contributed by atoms with van der Waals surface area (Å²) in [5.41, 5.74) is 7.34. The molecule has 3 aliphatic heterocycles. The van der Waals surface area contributed by atoms with Crippen molar-refractivity contribution in [2.24, 2.45) is 13.0 Å². The maximum atomic E-state index is 14.8. The lowest BCUT2D eigenvalue weighted by Gasteiger charge is -2.41. The number of piperazine rings is 1. The van der Waals surface area contributed by atoms with Gasteiger partial charge in [0.2, 0.25) is 11.8 Å². The second kappa shape index (κ2) is 21.0. The van der Waals surface area contributed by atoms with Crippen molar-refractivity contribution in [3.05, 3.63) is 125 Å². The fourth-order valence-electron chi connectivity index (χ4n) is 11.8. The number of carbonyl (C=O) groups excluding carboxylic acids is 3. The van der Waals surface area contributed by atoms with Gasteiger partial charge < -0.3 is 19.6 Å². The number of thiazole rings is 1. The number of hydrogen-bond donors (Lipinski definition) is 3. The number of pyridine rings is 1. The summed E-state index contributed by atoms with van der Waals surface area (Å²) in [5.74, 6) is -1.36. The van der Waals surface area contributed by atoms with E-state index in [1.165, 1.54) is 11.3 Å². The first-order valence-electron chi connectivity index (χ1n) is 26.0. The van der Waals surface area contributed by atoms with Gasteiger partial charge in [0.25, 0.3) is 5.91 Å². The van der Waals surface area contributed by atoms with Crippen molar-refractivity contribution < 1.29 is 42.2 Å². The molecule has 3 N–H and O–H groups in total. The maximum Gasteiger partial charge on any atom is 0.404 e. The standard InChI is InChI=1S/C57H58F3N9O6S/c1-33-38(39-20-23-49(62-52(39)55(73)74)69-26-25-35-7-5-9-40(43(35)32-69)53(71)64-56-61-44-10-3-4-12-47(44)76-56)8-6-11-46(33)75-37-17-13-34(14-18-37)15-22-48(57(58,59)60)68-29-27-67(28-30-68)36-16-19-41-45(31-36)66(2)65-51(41)42-21-24-50(70)63-54(42)72/h3-12,16,19-20,23,31,34,37,42,48H,13-15,17-18,21-22,24-30,32H2,1-2H3,(H,73,74)(H,61,64,71)(H,63,70,72). The van der Waals surface area contributed by atoms with E-state index in [1.807, 2.05) is 90.7 Å². The van der Waals surface area contributed by atoms with Gasteiger partial charge in [0, 0.05) is 74.9 Å². The van der Waals surface area contributed by atoms with Crippen molar-refractivity contribution in [3.63, 3.8) is 0 Å². The van der Waals surface area contributed by atoms with Crippen LogP contribution in [0.2, 0.25) is 0 Å². The molecule has 1 aliphatic carbocycles. The lowest BCUT2D eigenvalue weighted by atomic mass is 9.83. The number of para-hydroxylation sites is 1. The lowest BCUT2D eigenvalue weighted by molar-refractivity contribution is -0.187. The molecular formula is C57H58F3N9O6S. The van der Waals surface area contributed by atoms with E-state index in [1.54, 1.807) is 28.8 Å². The number of hydrogen-bond acceptors (Lipinski definition) is 12. The number of alkyl halides is 3. The van der Waals surface area contributed by atoms with E-state index >= 15 is 0 Å². The summed E-state index contributed by atoms with van der Waals surface area (Å²) < 4.78 is 53.5. The molecule has 11 rings (SSSR count). The molecule has 19 heteroatoms. The Bertz CT molecular complexity index is 3350. The summed E-state index contributed by atoms with van der Waals surface area (Å²) in [7, 11) is 1.80. The minimum atomic E-state index is -4.37. The molecule has 15 nitrogen and oxygen atoms in total. The van der Waals surface area contributed by atoms with E-state index < -0.39 is 24.1 Å². The van der Waals surface area contributed by atoms with Gasteiger partial charge in [-0.15, -0.1) is 0 Å². The number of anilines is 3. The Hall–Kier alpha value is -7.38. The Balaban J connectivity index is 0.693. The third kappa shape index (κ3) is 10.3. The minimum Gasteiger partial charge on any atom is -0.490 e. The number of carbonyl (C=O) groups is 4. The van der Waals surface area contributed by atoms with Gasteiger partial charge in [-0.3, -0.25) is 34.6 Å². The first-order valence-corrected chi connectivity index (χ1v) is 26.9. The Morgan fingerprint density at radius 1 is 0.868 bits per heavy atom. The van der Waals surface area contributed by atoms with Crippen LogP contribution in [0, 0.1) is 12.8 Å². The van der Waals surface area contributed by atoms with E-state index in [-0.39, 0.29) is 61.4 Å². The molecule has 4 aliphatic rings. The fraction of sp³-hybridized carbons (Fsp3) is 0.386. The van der Waals surface area contributed by atoms with Crippen LogP contribution < -0.4 is 25.2 Å². The van der Waals surface area contributed by atoms with Crippen LogP contribution in [0.1, 0.15) is 101 Å². The highest BCUT2D eigenvalue weighted by atomic mass is 32.1. The van der Waals surface area contributed by atoms with E-state index in [0.717, 1.165) is 56.3 Å². The summed E-state index contributed by atoms with van der Waals surface area (Å²) in [5, 5.41) is 21.9. The number of nitrogens with one attached hydrogen (secondary N) is 2. The zero-order chi connectivity index (χ0) is 52.8. The fourth-order valence-corrected chi connectivity index (χ4v) is 12.6. The molecule has 3 fully saturated rings. The third-order valence-electron chi connectivity index (χ3n) is 15.9. The normalized spacial score (nSPS) is 19.9. The van der Waals surface area contributed by atoms with Crippen LogP contribution >= 0.6 is 11.3 Å². The average Bonchev–Trinajstić information content (AvgIpc) is 4.01. The second-order valence-corrected chi connectivity index (χ2v) is 21.5. The van der Waals surface area contributed by atoms with Crippen molar-refractivity contribution in [2.45, 2.75) is 95.5 Å². The smallest absolute Gasteiger partial charge is 0.404 e. The quantitative estimate of drug-likeness (QED) is 0.0934. The molecule has 7 aromatic rings. The molecule has 0 bridgehead atoms. The minimum absolute atomic E-state index is 0.0265. The molecule has 3 amide bonds. The number of piperidine rings is 1. The molecule has 6 heterocycles. The van der Waals surface area contributed by atoms with Crippen molar-refractivity contribution in [1.82, 2.24) is 30.0 Å². The topological polar surface area (TPSA) is 175 Å². The number of imide groups is 1. The number of carboxylic acids is 1. The Labute approximate surface area is 441 Å². The van der Waals surface area contributed by atoms with Gasteiger partial charge in [0.05, 0.1) is 33.4 Å². The largest absolute Gasteiger partial charge is 0.490 e. The number of nitrogens with zero attached hydrogens (tertiary/aromatic N) is 7.